The molecule has 0 aliphatic carbocycles. The Morgan fingerprint density at radius 2 is 1.83 bits per heavy atom. The molecule has 0 aromatic carbocycles. The van der Waals surface area contributed by atoms with E-state index in [1.165, 1.54) is 13.0 Å². The lowest BCUT2D eigenvalue weighted by Crippen LogP contribution is -2.12. The van der Waals surface area contributed by atoms with Gasteiger partial charge in [0, 0.05) is 0 Å². The Bertz CT molecular complexity index is 198. The predicted molar refractivity (Wildman–Crippen MR) is 35.8 cm³/mol. The molecule has 0 aliphatic rings. The third kappa shape index (κ3) is 4.76. The van der Waals surface area contributed by atoms with Crippen LogP contribution in [0.5, 0.6) is 0 Å². The van der Waals surface area contributed by atoms with Crippen LogP contribution in [-0.2, 0) is 4.74 Å². The fraction of sp³-hybridized carbons (Fsp3) is 0.429. The maximum atomic E-state index is 12.3. The molecule has 0 saturated heterocycles. The third-order valence-electron chi connectivity index (χ3n) is 0.883. The van der Waals surface area contributed by atoms with Gasteiger partial charge in [0.25, 0.3) is 0 Å². The molecular weight excluding hydrogens is 176 g/mol. The van der Waals surface area contributed by atoms with Crippen molar-refractivity contribution in [2.24, 2.45) is 0 Å². The molecule has 0 radical (unpaired) electrons. The van der Waals surface area contributed by atoms with Crippen molar-refractivity contribution < 1.29 is 22.3 Å². The number of hydrogen-bond donors (Lipinski definition) is 0. The highest BCUT2D eigenvalue weighted by Crippen LogP contribution is 2.23. The summed E-state index contributed by atoms with van der Waals surface area (Å²) in [7, 11) is 0. The van der Waals surface area contributed by atoms with E-state index in [1.54, 1.807) is 0 Å². The van der Waals surface area contributed by atoms with Crippen molar-refractivity contribution in [3.63, 3.8) is 0 Å². The molecule has 0 rings (SSSR count). The van der Waals surface area contributed by atoms with Crippen LogP contribution in [0.1, 0.15) is 13.8 Å². The molecule has 12 heavy (non-hydrogen) atoms. The van der Waals surface area contributed by atoms with Gasteiger partial charge in [-0.05, 0) is 19.9 Å². The minimum atomic E-state index is -4.85. The van der Waals surface area contributed by atoms with E-state index in [2.05, 4.69) is 4.74 Å². The molecule has 0 heterocycles. The first-order valence-corrected chi connectivity index (χ1v) is 3.11. The van der Waals surface area contributed by atoms with Crippen molar-refractivity contribution in [3.8, 4) is 0 Å². The Kier molecular flexibility index (Phi) is 3.79. The van der Waals surface area contributed by atoms with E-state index in [9.17, 15) is 17.6 Å². The minimum Gasteiger partial charge on any atom is -0.403 e. The van der Waals surface area contributed by atoms with E-state index in [0.29, 0.717) is 0 Å². The van der Waals surface area contributed by atoms with Gasteiger partial charge in [-0.15, -0.1) is 13.2 Å². The van der Waals surface area contributed by atoms with E-state index in [-0.39, 0.29) is 0 Å². The zero-order valence-electron chi connectivity index (χ0n) is 6.57. The topological polar surface area (TPSA) is 9.23 Å². The van der Waals surface area contributed by atoms with E-state index in [1.807, 2.05) is 0 Å². The van der Waals surface area contributed by atoms with Crippen molar-refractivity contribution in [1.29, 1.82) is 0 Å². The Hall–Kier alpha value is -1.00. The molecule has 0 amide bonds. The minimum absolute atomic E-state index is 0.815. The van der Waals surface area contributed by atoms with Gasteiger partial charge in [0.1, 0.15) is 5.83 Å². The zero-order chi connectivity index (χ0) is 9.78. The molecule has 0 aromatic heterocycles. The van der Waals surface area contributed by atoms with Crippen molar-refractivity contribution in [3.05, 3.63) is 23.7 Å². The second-order valence-corrected chi connectivity index (χ2v) is 1.95. The summed E-state index contributed by atoms with van der Waals surface area (Å²) >= 11 is 0. The van der Waals surface area contributed by atoms with Gasteiger partial charge >= 0.3 is 6.36 Å². The summed E-state index contributed by atoms with van der Waals surface area (Å²) in [5.41, 5.74) is 0. The van der Waals surface area contributed by atoms with Crippen molar-refractivity contribution in [2.45, 2.75) is 20.2 Å². The molecule has 1 nitrogen and oxygen atoms in total. The van der Waals surface area contributed by atoms with Crippen LogP contribution in [0.2, 0.25) is 0 Å². The van der Waals surface area contributed by atoms with Gasteiger partial charge < -0.3 is 4.74 Å². The average Bonchev–Trinajstić information content (AvgIpc) is 1.83. The van der Waals surface area contributed by atoms with Gasteiger partial charge in [-0.25, -0.2) is 4.39 Å². The quantitative estimate of drug-likeness (QED) is 0.363. The molecule has 0 bridgehead atoms. The van der Waals surface area contributed by atoms with Crippen molar-refractivity contribution >= 4 is 0 Å². The van der Waals surface area contributed by atoms with Gasteiger partial charge in [0.15, 0.2) is 5.76 Å². The normalized spacial score (nSPS) is 14.8. The summed E-state index contributed by atoms with van der Waals surface area (Å²) < 4.78 is 50.2. The van der Waals surface area contributed by atoms with Crippen LogP contribution >= 0.6 is 0 Å². The van der Waals surface area contributed by atoms with E-state index >= 15 is 0 Å². The number of rotatable bonds is 2. The molecule has 0 fully saturated rings. The second-order valence-electron chi connectivity index (χ2n) is 1.95. The molecule has 0 N–H and O–H groups in total. The van der Waals surface area contributed by atoms with E-state index in [0.717, 1.165) is 13.0 Å². The summed E-state index contributed by atoms with van der Waals surface area (Å²) in [5.74, 6) is -1.82. The van der Waals surface area contributed by atoms with Crippen molar-refractivity contribution in [1.82, 2.24) is 0 Å². The number of alkyl halides is 3. The highest BCUT2D eigenvalue weighted by atomic mass is 19.4. The van der Waals surface area contributed by atoms with Crippen LogP contribution in [0.4, 0.5) is 17.6 Å². The summed E-state index contributed by atoms with van der Waals surface area (Å²) in [6, 6.07) is 0. The number of hydrogen-bond acceptors (Lipinski definition) is 1. The molecule has 70 valence electrons. The number of halogens is 4. The van der Waals surface area contributed by atoms with Gasteiger partial charge in [-0.2, -0.15) is 0 Å². The summed E-state index contributed by atoms with van der Waals surface area (Å²) in [6.45, 7) is 2.35. The first-order valence-electron chi connectivity index (χ1n) is 3.11. The number of allylic oxidation sites excluding steroid dienone is 3. The third-order valence-corrected chi connectivity index (χ3v) is 0.883. The molecule has 0 unspecified atom stereocenters. The average molecular weight is 184 g/mol. The first kappa shape index (κ1) is 11.0. The van der Waals surface area contributed by atoms with E-state index in [4.69, 9.17) is 0 Å². The van der Waals surface area contributed by atoms with Crippen LogP contribution in [0.25, 0.3) is 0 Å². The summed E-state index contributed by atoms with van der Waals surface area (Å²) in [6.07, 6.45) is -2.69. The Balaban J connectivity index is 4.48. The Labute approximate surface area is 67.3 Å². The van der Waals surface area contributed by atoms with Crippen LogP contribution in [0, 0.1) is 0 Å². The molecule has 0 saturated carbocycles. The molecule has 0 aromatic rings. The van der Waals surface area contributed by atoms with Gasteiger partial charge in [0.05, 0.1) is 0 Å². The SMILES string of the molecule is C/C=C\C(OC(F)(F)F)=C(/C)F. The largest absolute Gasteiger partial charge is 0.573 e. The fourth-order valence-electron chi connectivity index (χ4n) is 0.495. The molecule has 0 atom stereocenters. The highest BCUT2D eigenvalue weighted by Gasteiger charge is 2.32. The fourth-order valence-corrected chi connectivity index (χ4v) is 0.495. The smallest absolute Gasteiger partial charge is 0.403 e. The summed E-state index contributed by atoms with van der Waals surface area (Å²) in [5, 5.41) is 0. The first-order chi connectivity index (χ1) is 5.37. The highest BCUT2D eigenvalue weighted by molar-refractivity contribution is 5.14. The summed E-state index contributed by atoms with van der Waals surface area (Å²) in [4.78, 5) is 0. The Morgan fingerprint density at radius 3 is 2.08 bits per heavy atom. The maximum absolute atomic E-state index is 12.3. The number of ether oxygens (including phenoxy) is 1. The van der Waals surface area contributed by atoms with Gasteiger partial charge in [0.2, 0.25) is 0 Å². The maximum Gasteiger partial charge on any atom is 0.573 e. The van der Waals surface area contributed by atoms with E-state index < -0.39 is 17.9 Å². The van der Waals surface area contributed by atoms with Crippen LogP contribution in [-0.4, -0.2) is 6.36 Å². The molecular formula is C7H8F4O. The predicted octanol–water partition coefficient (Wildman–Crippen LogP) is 3.30. The monoisotopic (exact) mass is 184 g/mol. The van der Waals surface area contributed by atoms with Gasteiger partial charge in [-0.3, -0.25) is 0 Å². The van der Waals surface area contributed by atoms with Crippen LogP contribution < -0.4 is 0 Å². The lowest BCUT2D eigenvalue weighted by atomic mass is 10.4. The van der Waals surface area contributed by atoms with Gasteiger partial charge in [-0.1, -0.05) is 6.08 Å². The standard InChI is InChI=1S/C7H8F4O/c1-3-4-6(5(2)8)12-7(9,10)11/h3-4H,1-2H3/b4-3-,6-5-. The molecule has 5 heteroatoms. The zero-order valence-corrected chi connectivity index (χ0v) is 6.57. The Morgan fingerprint density at radius 1 is 1.33 bits per heavy atom. The lowest BCUT2D eigenvalue weighted by molar-refractivity contribution is -0.304. The van der Waals surface area contributed by atoms with Crippen LogP contribution in [0.3, 0.4) is 0 Å². The molecule has 0 spiro atoms. The van der Waals surface area contributed by atoms with Crippen LogP contribution in [0.15, 0.2) is 23.7 Å². The molecule has 0 aliphatic heterocycles. The lowest BCUT2D eigenvalue weighted by Gasteiger charge is -2.09. The van der Waals surface area contributed by atoms with Crippen molar-refractivity contribution in [2.75, 3.05) is 0 Å². The second kappa shape index (κ2) is 4.13.